The maximum absolute atomic E-state index is 11.6. The van der Waals surface area contributed by atoms with Gasteiger partial charge in [-0.15, -0.1) is 11.3 Å². The maximum atomic E-state index is 11.6. The van der Waals surface area contributed by atoms with E-state index in [9.17, 15) is 9.59 Å². The highest BCUT2D eigenvalue weighted by molar-refractivity contribution is 7.12. The number of aromatic carboxylic acids is 1. The lowest BCUT2D eigenvalue weighted by molar-refractivity contribution is -0.160. The van der Waals surface area contributed by atoms with Gasteiger partial charge in [-0.2, -0.15) is 0 Å². The van der Waals surface area contributed by atoms with Crippen molar-refractivity contribution in [3.63, 3.8) is 0 Å². The third kappa shape index (κ3) is 5.00. The second kappa shape index (κ2) is 7.96. The van der Waals surface area contributed by atoms with Crippen molar-refractivity contribution in [1.82, 2.24) is 5.32 Å². The van der Waals surface area contributed by atoms with Crippen LogP contribution in [0, 0.1) is 0 Å². The highest BCUT2D eigenvalue weighted by Gasteiger charge is 2.15. The third-order valence-electron chi connectivity index (χ3n) is 2.94. The van der Waals surface area contributed by atoms with E-state index in [-0.39, 0.29) is 11.2 Å². The Bertz CT molecular complexity index is 485. The highest BCUT2D eigenvalue weighted by Crippen LogP contribution is 2.21. The normalized spacial score (nSPS) is 18.2. The summed E-state index contributed by atoms with van der Waals surface area (Å²) < 4.78 is 10.9. The first kappa shape index (κ1) is 15.7. The summed E-state index contributed by atoms with van der Waals surface area (Å²) in [7, 11) is 0. The number of ether oxygens (including phenoxy) is 2. The number of carbonyl (C=O) groups excluding carboxylic acids is 1. The molecule has 7 nitrogen and oxygen atoms in total. The van der Waals surface area contributed by atoms with Crippen LogP contribution < -0.4 is 10.6 Å². The Morgan fingerprint density at radius 1 is 1.48 bits per heavy atom. The Morgan fingerprint density at radius 2 is 2.33 bits per heavy atom. The Morgan fingerprint density at radius 3 is 3.05 bits per heavy atom. The molecule has 1 aliphatic rings. The average molecular weight is 314 g/mol. The minimum absolute atomic E-state index is 0.108. The molecule has 2 heterocycles. The Kier molecular flexibility index (Phi) is 5.97. The van der Waals surface area contributed by atoms with Crippen LogP contribution in [0.15, 0.2) is 11.4 Å². The van der Waals surface area contributed by atoms with E-state index in [1.54, 1.807) is 11.4 Å². The average Bonchev–Trinajstić information content (AvgIpc) is 2.93. The molecule has 1 aliphatic heterocycles. The highest BCUT2D eigenvalue weighted by atomic mass is 32.1. The minimum atomic E-state index is -1.06. The van der Waals surface area contributed by atoms with Gasteiger partial charge in [-0.25, -0.2) is 9.59 Å². The van der Waals surface area contributed by atoms with E-state index in [0.717, 1.165) is 30.6 Å². The van der Waals surface area contributed by atoms with E-state index in [1.165, 1.54) is 0 Å². The second-order valence-corrected chi connectivity index (χ2v) is 5.43. The molecule has 1 atom stereocenters. The molecule has 1 saturated heterocycles. The summed E-state index contributed by atoms with van der Waals surface area (Å²) in [5.74, 6) is -1.06. The SMILES string of the molecule is O=C(NCCO[C@@H]1CCCCO1)Nc1ccsc1C(=O)O. The molecule has 0 radical (unpaired) electrons. The first-order valence-electron chi connectivity index (χ1n) is 6.75. The molecule has 0 saturated carbocycles. The molecule has 1 aromatic rings. The fourth-order valence-corrected chi connectivity index (χ4v) is 2.62. The van der Waals surface area contributed by atoms with Crippen LogP contribution >= 0.6 is 11.3 Å². The molecule has 1 fully saturated rings. The van der Waals surface area contributed by atoms with Crippen molar-refractivity contribution < 1.29 is 24.2 Å². The van der Waals surface area contributed by atoms with Gasteiger partial charge in [0, 0.05) is 13.2 Å². The quantitative estimate of drug-likeness (QED) is 0.699. The zero-order valence-electron chi connectivity index (χ0n) is 11.5. The van der Waals surface area contributed by atoms with Crippen molar-refractivity contribution >= 4 is 29.0 Å². The van der Waals surface area contributed by atoms with Gasteiger partial charge < -0.3 is 25.2 Å². The van der Waals surface area contributed by atoms with Crippen LogP contribution in [0.4, 0.5) is 10.5 Å². The van der Waals surface area contributed by atoms with Gasteiger partial charge in [-0.1, -0.05) is 0 Å². The molecule has 8 heteroatoms. The van der Waals surface area contributed by atoms with Crippen LogP contribution in [-0.2, 0) is 9.47 Å². The molecule has 21 heavy (non-hydrogen) atoms. The van der Waals surface area contributed by atoms with Crippen molar-refractivity contribution in [1.29, 1.82) is 0 Å². The molecule has 0 aliphatic carbocycles. The van der Waals surface area contributed by atoms with E-state index in [4.69, 9.17) is 14.6 Å². The molecule has 1 aromatic heterocycles. The minimum Gasteiger partial charge on any atom is -0.477 e. The van der Waals surface area contributed by atoms with E-state index < -0.39 is 12.0 Å². The van der Waals surface area contributed by atoms with Crippen molar-refractivity contribution in [3.8, 4) is 0 Å². The monoisotopic (exact) mass is 314 g/mol. The molecule has 0 spiro atoms. The smallest absolute Gasteiger partial charge is 0.348 e. The summed E-state index contributed by atoms with van der Waals surface area (Å²) in [6.45, 7) is 1.40. The summed E-state index contributed by atoms with van der Waals surface area (Å²) >= 11 is 1.06. The lowest BCUT2D eigenvalue weighted by Crippen LogP contribution is -2.33. The molecule has 2 amide bonds. The van der Waals surface area contributed by atoms with E-state index in [1.807, 2.05) is 0 Å². The molecule has 116 valence electrons. The number of rotatable bonds is 6. The van der Waals surface area contributed by atoms with Gasteiger partial charge in [0.2, 0.25) is 0 Å². The fraction of sp³-hybridized carbons (Fsp3) is 0.538. The first-order chi connectivity index (χ1) is 10.2. The summed E-state index contributed by atoms with van der Waals surface area (Å²) in [4.78, 5) is 22.7. The van der Waals surface area contributed by atoms with Crippen LogP contribution in [0.1, 0.15) is 28.9 Å². The standard InChI is InChI=1S/C13H18N2O5S/c16-12(17)11-9(4-8-21-11)15-13(18)14-5-7-20-10-3-1-2-6-19-10/h4,8,10H,1-3,5-7H2,(H,16,17)(H2,14,15,18)/t10-/m1/s1. The first-order valence-corrected chi connectivity index (χ1v) is 7.63. The van der Waals surface area contributed by atoms with Gasteiger partial charge in [0.05, 0.1) is 12.3 Å². The number of carboxylic acid groups (broad SMARTS) is 1. The van der Waals surface area contributed by atoms with Gasteiger partial charge in [-0.3, -0.25) is 0 Å². The fourth-order valence-electron chi connectivity index (χ4n) is 1.94. The number of amides is 2. The van der Waals surface area contributed by atoms with Gasteiger partial charge in [-0.05, 0) is 30.7 Å². The summed E-state index contributed by atoms with van der Waals surface area (Å²) in [5.41, 5.74) is 0.293. The number of carboxylic acids is 1. The topological polar surface area (TPSA) is 96.9 Å². The summed E-state index contributed by atoms with van der Waals surface area (Å²) in [6.07, 6.45) is 2.85. The van der Waals surface area contributed by atoms with Crippen LogP contribution in [0.25, 0.3) is 0 Å². The van der Waals surface area contributed by atoms with Crippen molar-refractivity contribution in [2.45, 2.75) is 25.6 Å². The maximum Gasteiger partial charge on any atom is 0.348 e. The molecule has 0 unspecified atom stereocenters. The number of hydrogen-bond acceptors (Lipinski definition) is 5. The number of carbonyl (C=O) groups is 2. The Labute approximate surface area is 126 Å². The van der Waals surface area contributed by atoms with E-state index in [2.05, 4.69) is 10.6 Å². The summed E-state index contributed by atoms with van der Waals surface area (Å²) in [5, 5.41) is 15.7. The largest absolute Gasteiger partial charge is 0.477 e. The lowest BCUT2D eigenvalue weighted by Gasteiger charge is -2.22. The molecular formula is C13H18N2O5S. The third-order valence-corrected chi connectivity index (χ3v) is 3.84. The lowest BCUT2D eigenvalue weighted by atomic mass is 10.2. The number of hydrogen-bond donors (Lipinski definition) is 3. The van der Waals surface area contributed by atoms with E-state index in [0.29, 0.717) is 25.4 Å². The zero-order valence-corrected chi connectivity index (χ0v) is 12.3. The molecule has 2 rings (SSSR count). The van der Waals surface area contributed by atoms with Crippen LogP contribution in [-0.4, -0.2) is 43.2 Å². The predicted octanol–water partition coefficient (Wildman–Crippen LogP) is 2.11. The molecule has 0 bridgehead atoms. The van der Waals surface area contributed by atoms with Crippen LogP contribution in [0.2, 0.25) is 0 Å². The zero-order chi connectivity index (χ0) is 15.1. The van der Waals surface area contributed by atoms with Crippen LogP contribution in [0.5, 0.6) is 0 Å². The summed E-state index contributed by atoms with van der Waals surface area (Å²) in [6, 6.07) is 1.10. The predicted molar refractivity (Wildman–Crippen MR) is 77.8 cm³/mol. The van der Waals surface area contributed by atoms with Crippen molar-refractivity contribution in [3.05, 3.63) is 16.3 Å². The van der Waals surface area contributed by atoms with E-state index >= 15 is 0 Å². The second-order valence-electron chi connectivity index (χ2n) is 4.52. The Hall–Kier alpha value is -1.64. The van der Waals surface area contributed by atoms with Gasteiger partial charge >= 0.3 is 12.0 Å². The van der Waals surface area contributed by atoms with Gasteiger partial charge in [0.25, 0.3) is 0 Å². The van der Waals surface area contributed by atoms with Crippen molar-refractivity contribution in [2.24, 2.45) is 0 Å². The number of urea groups is 1. The van der Waals surface area contributed by atoms with Gasteiger partial charge in [0.1, 0.15) is 4.88 Å². The molecule has 3 N–H and O–H groups in total. The van der Waals surface area contributed by atoms with Crippen LogP contribution in [0.3, 0.4) is 0 Å². The number of thiophene rings is 1. The molecular weight excluding hydrogens is 296 g/mol. The molecule has 0 aromatic carbocycles. The van der Waals surface area contributed by atoms with Gasteiger partial charge in [0.15, 0.2) is 6.29 Å². The Balaban J connectivity index is 1.65. The number of nitrogens with one attached hydrogen (secondary N) is 2. The number of anilines is 1. The van der Waals surface area contributed by atoms with Crippen molar-refractivity contribution in [2.75, 3.05) is 25.1 Å².